The molecule has 114 valence electrons. The number of hydrogen-bond donors (Lipinski definition) is 0. The molecule has 0 N–H and O–H groups in total. The van der Waals surface area contributed by atoms with E-state index in [1.54, 1.807) is 0 Å². The maximum absolute atomic E-state index is 12.7. The van der Waals surface area contributed by atoms with Crippen LogP contribution in [-0.4, -0.2) is 27.3 Å². The average Bonchev–Trinajstić information content (AvgIpc) is 2.50. The van der Waals surface area contributed by atoms with E-state index in [0.717, 1.165) is 12.2 Å². The largest absolute Gasteiger partial charge is 0.298 e. The van der Waals surface area contributed by atoms with Gasteiger partial charge in [-0.2, -0.15) is 11.8 Å². The van der Waals surface area contributed by atoms with Crippen molar-refractivity contribution in [3.8, 4) is 0 Å². The van der Waals surface area contributed by atoms with Crippen molar-refractivity contribution in [3.05, 3.63) is 35.4 Å². The Morgan fingerprint density at radius 2 is 2.05 bits per heavy atom. The fourth-order valence-electron chi connectivity index (χ4n) is 3.39. The van der Waals surface area contributed by atoms with Crippen LogP contribution in [0.3, 0.4) is 0 Å². The van der Waals surface area contributed by atoms with Crippen molar-refractivity contribution >= 4 is 29.3 Å². The molecule has 0 aromatic heterocycles. The summed E-state index contributed by atoms with van der Waals surface area (Å²) in [7, 11) is 0. The summed E-state index contributed by atoms with van der Waals surface area (Å²) in [6, 6.07) is 8.72. The van der Waals surface area contributed by atoms with Crippen molar-refractivity contribution in [2.24, 2.45) is 0 Å². The number of thioether (sulfide) groups is 2. The lowest BCUT2D eigenvalue weighted by Gasteiger charge is -2.32. The van der Waals surface area contributed by atoms with Gasteiger partial charge in [-0.25, -0.2) is 0 Å². The Bertz CT molecular complexity index is 514. The van der Waals surface area contributed by atoms with Crippen molar-refractivity contribution in [2.75, 3.05) is 5.75 Å². The third kappa shape index (κ3) is 3.50. The molecule has 0 amide bonds. The van der Waals surface area contributed by atoms with Gasteiger partial charge < -0.3 is 0 Å². The third-order valence-electron chi connectivity index (χ3n) is 4.85. The molecule has 0 saturated carbocycles. The number of carbonyl (C=O) groups is 1. The van der Waals surface area contributed by atoms with Gasteiger partial charge in [-0.1, -0.05) is 38.1 Å². The lowest BCUT2D eigenvalue weighted by atomic mass is 9.80. The summed E-state index contributed by atoms with van der Waals surface area (Å²) in [5, 5.41) is 1.49. The summed E-state index contributed by atoms with van der Waals surface area (Å²) >= 11 is 3.87. The minimum Gasteiger partial charge on any atom is -0.298 e. The first-order valence-electron chi connectivity index (χ1n) is 8.02. The van der Waals surface area contributed by atoms with Crippen LogP contribution in [0.1, 0.15) is 50.2 Å². The van der Waals surface area contributed by atoms with E-state index >= 15 is 0 Å². The monoisotopic (exact) mass is 320 g/mol. The van der Waals surface area contributed by atoms with Crippen molar-refractivity contribution in [1.82, 2.24) is 0 Å². The fourth-order valence-corrected chi connectivity index (χ4v) is 6.29. The van der Waals surface area contributed by atoms with E-state index in [2.05, 4.69) is 38.1 Å². The Morgan fingerprint density at radius 1 is 1.24 bits per heavy atom. The van der Waals surface area contributed by atoms with Crippen molar-refractivity contribution in [3.63, 3.8) is 0 Å². The quantitative estimate of drug-likeness (QED) is 0.804. The standard InChI is InChI=1S/C18H24OS2/c1-12-13(2)21-18(11-20-12)17(19)10-15-8-5-7-14-6-3-4-9-16(14)15/h3-4,6,9,12-13,15,18H,5,7-8,10-11H2,1-2H3. The number of hydrogen-bond acceptors (Lipinski definition) is 3. The van der Waals surface area contributed by atoms with Gasteiger partial charge in [0.25, 0.3) is 0 Å². The molecule has 4 unspecified atom stereocenters. The van der Waals surface area contributed by atoms with Crippen LogP contribution in [0.15, 0.2) is 24.3 Å². The Hall–Kier alpha value is -0.410. The Kier molecular flexibility index (Phi) is 5.00. The molecule has 1 aliphatic carbocycles. The molecule has 1 heterocycles. The van der Waals surface area contributed by atoms with Crippen LogP contribution in [0.2, 0.25) is 0 Å². The lowest BCUT2D eigenvalue weighted by molar-refractivity contribution is -0.118. The molecule has 1 nitrogen and oxygen atoms in total. The molecule has 0 radical (unpaired) electrons. The number of aryl methyl sites for hydroxylation is 1. The van der Waals surface area contributed by atoms with Crippen LogP contribution >= 0.6 is 23.5 Å². The Morgan fingerprint density at radius 3 is 2.86 bits per heavy atom. The number of benzene rings is 1. The molecule has 2 aliphatic rings. The second-order valence-electron chi connectivity index (χ2n) is 6.33. The minimum atomic E-state index is 0.218. The lowest BCUT2D eigenvalue weighted by Crippen LogP contribution is -2.32. The molecule has 3 heteroatoms. The van der Waals surface area contributed by atoms with Crippen LogP contribution in [-0.2, 0) is 11.2 Å². The van der Waals surface area contributed by atoms with Gasteiger partial charge in [0.1, 0.15) is 5.78 Å². The highest BCUT2D eigenvalue weighted by atomic mass is 32.2. The normalized spacial score (nSPS) is 32.5. The first-order chi connectivity index (χ1) is 10.1. The van der Waals surface area contributed by atoms with E-state index in [0.29, 0.717) is 22.2 Å². The van der Waals surface area contributed by atoms with E-state index in [-0.39, 0.29) is 5.25 Å². The molecule has 1 aromatic rings. The second-order valence-corrected chi connectivity index (χ2v) is 9.32. The molecule has 1 aromatic carbocycles. The summed E-state index contributed by atoms with van der Waals surface area (Å²) in [4.78, 5) is 12.7. The van der Waals surface area contributed by atoms with Gasteiger partial charge in [-0.3, -0.25) is 4.79 Å². The third-order valence-corrected chi connectivity index (χ3v) is 8.29. The molecule has 1 fully saturated rings. The molecular weight excluding hydrogens is 296 g/mol. The van der Waals surface area contributed by atoms with Crippen LogP contribution in [0.4, 0.5) is 0 Å². The summed E-state index contributed by atoms with van der Waals surface area (Å²) in [5.74, 6) is 1.94. The van der Waals surface area contributed by atoms with Gasteiger partial charge in [-0.15, -0.1) is 11.8 Å². The second kappa shape index (κ2) is 6.78. The van der Waals surface area contributed by atoms with E-state index in [1.165, 1.54) is 30.4 Å². The van der Waals surface area contributed by atoms with Crippen molar-refractivity contribution in [1.29, 1.82) is 0 Å². The molecule has 21 heavy (non-hydrogen) atoms. The van der Waals surface area contributed by atoms with Crippen LogP contribution in [0, 0.1) is 0 Å². The zero-order valence-corrected chi connectivity index (χ0v) is 14.5. The Labute approximate surface area is 136 Å². The SMILES string of the molecule is CC1SCC(C(=O)CC2CCCc3ccccc32)SC1C. The first-order valence-corrected chi connectivity index (χ1v) is 10.0. The number of Topliss-reactive ketones (excluding diaryl/α,β-unsaturated/α-hetero) is 1. The van der Waals surface area contributed by atoms with E-state index in [1.807, 2.05) is 23.5 Å². The molecule has 0 spiro atoms. The van der Waals surface area contributed by atoms with E-state index in [4.69, 9.17) is 0 Å². The van der Waals surface area contributed by atoms with Crippen molar-refractivity contribution < 1.29 is 4.79 Å². The maximum atomic E-state index is 12.7. The van der Waals surface area contributed by atoms with Crippen LogP contribution < -0.4 is 0 Å². The topological polar surface area (TPSA) is 17.1 Å². The highest BCUT2D eigenvalue weighted by molar-refractivity contribution is 8.08. The van der Waals surface area contributed by atoms with Gasteiger partial charge in [-0.05, 0) is 36.3 Å². The number of rotatable bonds is 3. The number of carbonyl (C=O) groups excluding carboxylic acids is 1. The zero-order valence-electron chi connectivity index (χ0n) is 12.9. The zero-order chi connectivity index (χ0) is 14.8. The summed E-state index contributed by atoms with van der Waals surface area (Å²) in [5.41, 5.74) is 2.90. The number of fused-ring (bicyclic) bond motifs is 1. The molecule has 4 atom stereocenters. The van der Waals surface area contributed by atoms with Crippen LogP contribution in [0.25, 0.3) is 0 Å². The van der Waals surface area contributed by atoms with Gasteiger partial charge in [0, 0.05) is 22.7 Å². The smallest absolute Gasteiger partial charge is 0.147 e. The van der Waals surface area contributed by atoms with Crippen LogP contribution in [0.5, 0.6) is 0 Å². The highest BCUT2D eigenvalue weighted by Gasteiger charge is 2.32. The average molecular weight is 321 g/mol. The van der Waals surface area contributed by atoms with Gasteiger partial charge >= 0.3 is 0 Å². The molecule has 1 aliphatic heterocycles. The Balaban J connectivity index is 1.66. The molecular formula is C18H24OS2. The van der Waals surface area contributed by atoms with Gasteiger partial charge in [0.2, 0.25) is 0 Å². The van der Waals surface area contributed by atoms with Crippen molar-refractivity contribution in [2.45, 2.75) is 61.2 Å². The first kappa shape index (κ1) is 15.5. The fraction of sp³-hybridized carbons (Fsp3) is 0.611. The van der Waals surface area contributed by atoms with Gasteiger partial charge in [0.05, 0.1) is 5.25 Å². The van der Waals surface area contributed by atoms with E-state index in [9.17, 15) is 4.79 Å². The summed E-state index contributed by atoms with van der Waals surface area (Å²) < 4.78 is 0. The predicted octanol–water partition coefficient (Wildman–Crippen LogP) is 4.69. The highest BCUT2D eigenvalue weighted by Crippen LogP contribution is 2.39. The van der Waals surface area contributed by atoms with Gasteiger partial charge in [0.15, 0.2) is 0 Å². The molecule has 0 bridgehead atoms. The minimum absolute atomic E-state index is 0.218. The summed E-state index contributed by atoms with van der Waals surface area (Å²) in [6.07, 6.45) is 4.34. The maximum Gasteiger partial charge on any atom is 0.147 e. The summed E-state index contributed by atoms with van der Waals surface area (Å²) in [6.45, 7) is 4.54. The molecule has 1 saturated heterocycles. The molecule has 3 rings (SSSR count). The number of ketones is 1. The predicted molar refractivity (Wildman–Crippen MR) is 94.5 cm³/mol. The van der Waals surface area contributed by atoms with E-state index < -0.39 is 0 Å².